The van der Waals surface area contributed by atoms with Crippen molar-refractivity contribution in [1.82, 2.24) is 4.90 Å². The minimum atomic E-state index is -0.780. The lowest BCUT2D eigenvalue weighted by atomic mass is 9.98. The molecule has 0 aliphatic carbocycles. The SMILES string of the molecule is O=C1O[C@@H](C(=O)N(Cc2ccccc2)C[C@@H]2CCCO2)Cc2ccccc21. The van der Waals surface area contributed by atoms with Crippen molar-refractivity contribution >= 4 is 11.9 Å². The molecule has 2 aromatic carbocycles. The number of rotatable bonds is 5. The van der Waals surface area contributed by atoms with Crippen LogP contribution in [0.5, 0.6) is 0 Å². The molecule has 2 atom stereocenters. The van der Waals surface area contributed by atoms with Crippen molar-refractivity contribution < 1.29 is 19.1 Å². The summed E-state index contributed by atoms with van der Waals surface area (Å²) in [7, 11) is 0. The molecule has 0 N–H and O–H groups in total. The zero-order valence-corrected chi connectivity index (χ0v) is 15.2. The predicted molar refractivity (Wildman–Crippen MR) is 100 cm³/mol. The molecule has 0 radical (unpaired) electrons. The van der Waals surface area contributed by atoms with E-state index in [2.05, 4.69) is 0 Å². The summed E-state index contributed by atoms with van der Waals surface area (Å²) < 4.78 is 11.2. The Kier molecular flexibility index (Phi) is 5.21. The summed E-state index contributed by atoms with van der Waals surface area (Å²) in [5.74, 6) is -0.579. The van der Waals surface area contributed by atoms with E-state index in [1.54, 1.807) is 17.0 Å². The number of carbonyl (C=O) groups is 2. The minimum absolute atomic E-state index is 0.0456. The third-order valence-electron chi connectivity index (χ3n) is 5.14. The van der Waals surface area contributed by atoms with Crippen LogP contribution in [0.25, 0.3) is 0 Å². The molecule has 5 nitrogen and oxygen atoms in total. The fourth-order valence-electron chi connectivity index (χ4n) is 3.74. The predicted octanol–water partition coefficient (Wildman–Crippen LogP) is 2.98. The molecular weight excluding hydrogens is 342 g/mol. The summed E-state index contributed by atoms with van der Waals surface area (Å²) in [6.45, 7) is 1.74. The number of benzene rings is 2. The number of nitrogens with zero attached hydrogens (tertiary/aromatic N) is 1. The van der Waals surface area contributed by atoms with Gasteiger partial charge in [-0.05, 0) is 30.0 Å². The van der Waals surface area contributed by atoms with Crippen molar-refractivity contribution in [3.63, 3.8) is 0 Å². The first-order chi connectivity index (χ1) is 13.2. The zero-order chi connectivity index (χ0) is 18.6. The number of carbonyl (C=O) groups excluding carboxylic acids is 2. The lowest BCUT2D eigenvalue weighted by Crippen LogP contribution is -2.46. The van der Waals surface area contributed by atoms with E-state index in [9.17, 15) is 9.59 Å². The van der Waals surface area contributed by atoms with Crippen LogP contribution in [0.1, 0.15) is 34.3 Å². The molecule has 2 aliphatic rings. The Bertz CT molecular complexity index is 814. The highest BCUT2D eigenvalue weighted by Crippen LogP contribution is 2.23. The summed E-state index contributed by atoms with van der Waals surface area (Å²) in [5.41, 5.74) is 2.46. The van der Waals surface area contributed by atoms with Crippen molar-refractivity contribution in [2.75, 3.05) is 13.2 Å². The van der Waals surface area contributed by atoms with Crippen LogP contribution in [-0.2, 0) is 27.2 Å². The third kappa shape index (κ3) is 4.03. The zero-order valence-electron chi connectivity index (χ0n) is 15.2. The maximum Gasteiger partial charge on any atom is 0.339 e. The second kappa shape index (κ2) is 7.92. The summed E-state index contributed by atoms with van der Waals surface area (Å²) in [5, 5.41) is 0. The van der Waals surface area contributed by atoms with Gasteiger partial charge in [0.05, 0.1) is 11.7 Å². The number of esters is 1. The van der Waals surface area contributed by atoms with Crippen molar-refractivity contribution in [2.24, 2.45) is 0 Å². The van der Waals surface area contributed by atoms with E-state index in [4.69, 9.17) is 9.47 Å². The minimum Gasteiger partial charge on any atom is -0.448 e. The van der Waals surface area contributed by atoms with E-state index in [1.165, 1.54) is 0 Å². The molecular formula is C22H23NO4. The van der Waals surface area contributed by atoms with Gasteiger partial charge < -0.3 is 14.4 Å². The molecule has 2 heterocycles. The number of cyclic esters (lactones) is 1. The topological polar surface area (TPSA) is 55.8 Å². The molecule has 140 valence electrons. The molecule has 0 bridgehead atoms. The van der Waals surface area contributed by atoms with Gasteiger partial charge in [-0.25, -0.2) is 4.79 Å². The fraction of sp³-hybridized carbons (Fsp3) is 0.364. The summed E-state index contributed by atoms with van der Waals surface area (Å²) in [6, 6.07) is 17.2. The number of ether oxygens (including phenoxy) is 2. The molecule has 1 fully saturated rings. The van der Waals surface area contributed by atoms with Gasteiger partial charge in [0.2, 0.25) is 0 Å². The monoisotopic (exact) mass is 365 g/mol. The van der Waals surface area contributed by atoms with Crippen molar-refractivity contribution in [3.8, 4) is 0 Å². The van der Waals surface area contributed by atoms with E-state index in [0.29, 0.717) is 25.1 Å². The van der Waals surface area contributed by atoms with E-state index in [-0.39, 0.29) is 12.0 Å². The second-order valence-electron chi connectivity index (χ2n) is 7.09. The van der Waals surface area contributed by atoms with Crippen LogP contribution >= 0.6 is 0 Å². The van der Waals surface area contributed by atoms with Gasteiger partial charge in [-0.15, -0.1) is 0 Å². The second-order valence-corrected chi connectivity index (χ2v) is 7.09. The van der Waals surface area contributed by atoms with Crippen LogP contribution in [0.2, 0.25) is 0 Å². The van der Waals surface area contributed by atoms with Crippen LogP contribution in [0, 0.1) is 0 Å². The standard InChI is InChI=1S/C22H23NO4/c24-21(20-13-17-9-4-5-11-19(17)22(25)27-20)23(15-18-10-6-12-26-18)14-16-7-2-1-3-8-16/h1-5,7-9,11,18,20H,6,10,12-15H2/t18-,20+/m0/s1. The van der Waals surface area contributed by atoms with E-state index >= 15 is 0 Å². The largest absolute Gasteiger partial charge is 0.448 e. The van der Waals surface area contributed by atoms with E-state index in [0.717, 1.165) is 30.6 Å². The van der Waals surface area contributed by atoms with Crippen LogP contribution in [0.4, 0.5) is 0 Å². The molecule has 0 spiro atoms. The Balaban J connectivity index is 1.53. The first-order valence-corrected chi connectivity index (χ1v) is 9.44. The van der Waals surface area contributed by atoms with Crippen molar-refractivity contribution in [2.45, 2.75) is 38.0 Å². The Labute approximate surface area is 158 Å². The number of hydrogen-bond acceptors (Lipinski definition) is 4. The Morgan fingerprint density at radius 2 is 1.85 bits per heavy atom. The van der Waals surface area contributed by atoms with Crippen LogP contribution < -0.4 is 0 Å². The lowest BCUT2D eigenvalue weighted by Gasteiger charge is -2.31. The molecule has 0 aromatic heterocycles. The maximum absolute atomic E-state index is 13.2. The normalized spacial score (nSPS) is 21.4. The van der Waals surface area contributed by atoms with Crippen LogP contribution in [-0.4, -0.2) is 42.1 Å². The van der Waals surface area contributed by atoms with Gasteiger partial charge in [-0.1, -0.05) is 48.5 Å². The van der Waals surface area contributed by atoms with Crippen LogP contribution in [0.15, 0.2) is 54.6 Å². The van der Waals surface area contributed by atoms with E-state index < -0.39 is 12.1 Å². The van der Waals surface area contributed by atoms with Gasteiger partial charge in [0.1, 0.15) is 0 Å². The summed E-state index contributed by atoms with van der Waals surface area (Å²) in [4.78, 5) is 27.3. The highest BCUT2D eigenvalue weighted by Gasteiger charge is 2.35. The van der Waals surface area contributed by atoms with Crippen molar-refractivity contribution in [3.05, 3.63) is 71.3 Å². The van der Waals surface area contributed by atoms with Gasteiger partial charge in [0.25, 0.3) is 5.91 Å². The van der Waals surface area contributed by atoms with Gasteiger partial charge in [0, 0.05) is 26.1 Å². The maximum atomic E-state index is 13.2. The fourth-order valence-corrected chi connectivity index (χ4v) is 3.74. The van der Waals surface area contributed by atoms with Gasteiger partial charge in [-0.3, -0.25) is 4.79 Å². The van der Waals surface area contributed by atoms with Crippen LogP contribution in [0.3, 0.4) is 0 Å². The molecule has 5 heteroatoms. The quantitative estimate of drug-likeness (QED) is 0.765. The summed E-state index contributed by atoms with van der Waals surface area (Å²) in [6.07, 6.45) is 1.65. The molecule has 0 unspecified atom stereocenters. The Hall–Kier alpha value is -2.66. The number of amides is 1. The smallest absolute Gasteiger partial charge is 0.339 e. The lowest BCUT2D eigenvalue weighted by molar-refractivity contribution is -0.143. The average molecular weight is 365 g/mol. The Morgan fingerprint density at radius 1 is 1.07 bits per heavy atom. The van der Waals surface area contributed by atoms with Gasteiger partial charge in [-0.2, -0.15) is 0 Å². The highest BCUT2D eigenvalue weighted by molar-refractivity contribution is 5.95. The number of hydrogen-bond donors (Lipinski definition) is 0. The molecule has 4 rings (SSSR count). The van der Waals surface area contributed by atoms with Crippen molar-refractivity contribution in [1.29, 1.82) is 0 Å². The average Bonchev–Trinajstić information content (AvgIpc) is 3.21. The third-order valence-corrected chi connectivity index (χ3v) is 5.14. The van der Waals surface area contributed by atoms with Gasteiger partial charge >= 0.3 is 5.97 Å². The molecule has 27 heavy (non-hydrogen) atoms. The molecule has 1 amide bonds. The number of fused-ring (bicyclic) bond motifs is 1. The Morgan fingerprint density at radius 3 is 2.63 bits per heavy atom. The molecule has 0 saturated carbocycles. The summed E-state index contributed by atoms with van der Waals surface area (Å²) >= 11 is 0. The highest BCUT2D eigenvalue weighted by atomic mass is 16.5. The molecule has 2 aromatic rings. The molecule has 2 aliphatic heterocycles. The first-order valence-electron chi connectivity index (χ1n) is 9.44. The molecule has 1 saturated heterocycles. The first kappa shape index (κ1) is 17.7. The van der Waals surface area contributed by atoms with E-state index in [1.807, 2.05) is 42.5 Å². The van der Waals surface area contributed by atoms with Gasteiger partial charge in [0.15, 0.2) is 6.10 Å².